The molecule has 5 rings (SSSR count). The zero-order chi connectivity index (χ0) is 24.4. The highest BCUT2D eigenvalue weighted by Crippen LogP contribution is 2.33. The molecule has 0 bridgehead atoms. The number of carbonyl (C=O) groups is 1. The fourth-order valence-corrected chi connectivity index (χ4v) is 7.36. The minimum absolute atomic E-state index is 0.0742. The summed E-state index contributed by atoms with van der Waals surface area (Å²) in [5.41, 5.74) is 3.62. The molecule has 6 nitrogen and oxygen atoms in total. The summed E-state index contributed by atoms with van der Waals surface area (Å²) in [5.74, 6) is 0.569. The molecule has 2 amide bonds. The van der Waals surface area contributed by atoms with Gasteiger partial charge in [0, 0.05) is 38.8 Å². The van der Waals surface area contributed by atoms with Crippen molar-refractivity contribution in [3.8, 4) is 0 Å². The molecular formula is C28H37N3O3S. The fourth-order valence-electron chi connectivity index (χ4n) is 5.89. The van der Waals surface area contributed by atoms with Gasteiger partial charge in [-0.15, -0.1) is 0 Å². The Balaban J connectivity index is 1.17. The van der Waals surface area contributed by atoms with Gasteiger partial charge in [0.2, 0.25) is 10.0 Å². The van der Waals surface area contributed by atoms with Gasteiger partial charge in [0.25, 0.3) is 0 Å². The SMILES string of the molecule is Cc1ccc(CN2CCN(C3CCN(S(=O)(=O)c4ccc(C5CCCCC5)cc4)CC3)C2=O)cc1. The maximum Gasteiger partial charge on any atom is 0.320 e. The first-order valence-corrected chi connectivity index (χ1v) is 14.6. The zero-order valence-electron chi connectivity index (χ0n) is 20.7. The first-order chi connectivity index (χ1) is 16.9. The molecule has 0 aromatic heterocycles. The molecule has 0 unspecified atom stereocenters. The summed E-state index contributed by atoms with van der Waals surface area (Å²) in [6.45, 7) is 5.03. The second kappa shape index (κ2) is 10.3. The number of sulfonamides is 1. The summed E-state index contributed by atoms with van der Waals surface area (Å²) in [5, 5.41) is 0. The van der Waals surface area contributed by atoms with E-state index in [4.69, 9.17) is 0 Å². The van der Waals surface area contributed by atoms with E-state index >= 15 is 0 Å². The summed E-state index contributed by atoms with van der Waals surface area (Å²) in [7, 11) is -3.51. The number of rotatable bonds is 6. The topological polar surface area (TPSA) is 60.9 Å². The number of amides is 2. The van der Waals surface area contributed by atoms with E-state index in [1.54, 1.807) is 16.4 Å². The Kier molecular flexibility index (Phi) is 7.17. The second-order valence-electron chi connectivity index (χ2n) is 10.4. The molecule has 188 valence electrons. The van der Waals surface area contributed by atoms with Gasteiger partial charge in [-0.2, -0.15) is 4.31 Å². The van der Waals surface area contributed by atoms with Gasteiger partial charge in [-0.25, -0.2) is 13.2 Å². The lowest BCUT2D eigenvalue weighted by molar-refractivity contribution is 0.153. The Labute approximate surface area is 210 Å². The van der Waals surface area contributed by atoms with Crippen LogP contribution in [0.1, 0.15) is 67.6 Å². The van der Waals surface area contributed by atoms with Crippen molar-refractivity contribution < 1.29 is 13.2 Å². The van der Waals surface area contributed by atoms with Crippen LogP contribution < -0.4 is 0 Å². The van der Waals surface area contributed by atoms with Crippen molar-refractivity contribution in [3.63, 3.8) is 0 Å². The first-order valence-electron chi connectivity index (χ1n) is 13.1. The zero-order valence-corrected chi connectivity index (χ0v) is 21.5. The standard InChI is InChI=1S/C28H37N3O3S/c1-22-7-9-23(10-8-22)21-29-19-20-31(28(29)32)26-15-17-30(18-16-26)35(33,34)27-13-11-25(12-14-27)24-5-3-2-4-6-24/h7-14,24,26H,2-6,15-21H2,1H3. The second-order valence-corrected chi connectivity index (χ2v) is 12.4. The van der Waals surface area contributed by atoms with Gasteiger partial charge >= 0.3 is 6.03 Å². The van der Waals surface area contributed by atoms with Crippen molar-refractivity contribution in [2.45, 2.75) is 75.3 Å². The number of hydrogen-bond acceptors (Lipinski definition) is 3. The Hall–Kier alpha value is -2.38. The lowest BCUT2D eigenvalue weighted by Crippen LogP contribution is -2.47. The average Bonchev–Trinajstić information content (AvgIpc) is 3.26. The molecular weight excluding hydrogens is 458 g/mol. The third-order valence-electron chi connectivity index (χ3n) is 8.08. The lowest BCUT2D eigenvalue weighted by Gasteiger charge is -2.36. The maximum atomic E-state index is 13.3. The molecule has 3 aliphatic rings. The number of hydrogen-bond donors (Lipinski definition) is 0. The molecule has 0 radical (unpaired) electrons. The number of benzene rings is 2. The van der Waals surface area contributed by atoms with Crippen LogP contribution in [0.4, 0.5) is 4.79 Å². The number of aryl methyl sites for hydroxylation is 1. The Morgan fingerprint density at radius 2 is 1.46 bits per heavy atom. The normalized spacial score (nSPS) is 21.1. The van der Waals surface area contributed by atoms with Crippen LogP contribution in [0.25, 0.3) is 0 Å². The van der Waals surface area contributed by atoms with Gasteiger partial charge in [-0.05, 0) is 61.8 Å². The van der Waals surface area contributed by atoms with Gasteiger partial charge < -0.3 is 9.80 Å². The molecule has 2 aliphatic heterocycles. The quantitative estimate of drug-likeness (QED) is 0.558. The minimum Gasteiger partial charge on any atom is -0.320 e. The molecule has 2 saturated heterocycles. The first kappa shape index (κ1) is 24.3. The van der Waals surface area contributed by atoms with Gasteiger partial charge in [0.15, 0.2) is 0 Å². The van der Waals surface area contributed by atoms with Crippen LogP contribution in [0.5, 0.6) is 0 Å². The van der Waals surface area contributed by atoms with Crippen LogP contribution in [0.3, 0.4) is 0 Å². The van der Waals surface area contributed by atoms with Gasteiger partial charge in [-0.3, -0.25) is 0 Å². The van der Waals surface area contributed by atoms with Gasteiger partial charge in [0.05, 0.1) is 4.90 Å². The van der Waals surface area contributed by atoms with E-state index in [0.29, 0.717) is 49.8 Å². The molecule has 1 aliphatic carbocycles. The van der Waals surface area contributed by atoms with Crippen LogP contribution in [0.15, 0.2) is 53.4 Å². The van der Waals surface area contributed by atoms with Crippen molar-refractivity contribution in [2.75, 3.05) is 26.2 Å². The van der Waals surface area contributed by atoms with Crippen molar-refractivity contribution in [2.24, 2.45) is 0 Å². The highest BCUT2D eigenvalue weighted by molar-refractivity contribution is 7.89. The summed E-state index contributed by atoms with van der Waals surface area (Å²) in [6, 6.07) is 16.1. The Morgan fingerprint density at radius 3 is 2.11 bits per heavy atom. The van der Waals surface area contributed by atoms with E-state index < -0.39 is 10.0 Å². The summed E-state index contributed by atoms with van der Waals surface area (Å²) in [4.78, 5) is 17.3. The van der Waals surface area contributed by atoms with Crippen LogP contribution in [-0.2, 0) is 16.6 Å². The van der Waals surface area contributed by atoms with Gasteiger partial charge in [-0.1, -0.05) is 61.2 Å². The average molecular weight is 496 g/mol. The van der Waals surface area contributed by atoms with Crippen LogP contribution in [-0.4, -0.2) is 60.8 Å². The third-order valence-corrected chi connectivity index (χ3v) is 9.99. The molecule has 2 aromatic carbocycles. The molecule has 3 fully saturated rings. The number of piperidine rings is 1. The molecule has 7 heteroatoms. The molecule has 0 spiro atoms. The molecule has 1 saturated carbocycles. The van der Waals surface area contributed by atoms with Crippen molar-refractivity contribution in [1.29, 1.82) is 0 Å². The molecule has 0 N–H and O–H groups in total. The van der Waals surface area contributed by atoms with Crippen LogP contribution in [0.2, 0.25) is 0 Å². The third kappa shape index (κ3) is 5.26. The monoisotopic (exact) mass is 495 g/mol. The predicted octanol–water partition coefficient (Wildman–Crippen LogP) is 5.13. The molecule has 2 aromatic rings. The van der Waals surface area contributed by atoms with E-state index in [9.17, 15) is 13.2 Å². The van der Waals surface area contributed by atoms with Crippen LogP contribution in [0, 0.1) is 6.92 Å². The maximum absolute atomic E-state index is 13.3. The summed E-state index contributed by atoms with van der Waals surface area (Å²) in [6.07, 6.45) is 7.63. The number of urea groups is 1. The summed E-state index contributed by atoms with van der Waals surface area (Å²) >= 11 is 0. The largest absolute Gasteiger partial charge is 0.320 e. The number of nitrogens with zero attached hydrogens (tertiary/aromatic N) is 3. The molecule has 2 heterocycles. The summed E-state index contributed by atoms with van der Waals surface area (Å²) < 4.78 is 28.2. The van der Waals surface area contributed by atoms with E-state index in [2.05, 4.69) is 31.2 Å². The predicted molar refractivity (Wildman–Crippen MR) is 138 cm³/mol. The van der Waals surface area contributed by atoms with Crippen molar-refractivity contribution >= 4 is 16.1 Å². The Bertz CT molecular complexity index is 1120. The van der Waals surface area contributed by atoms with Crippen LogP contribution >= 0.6 is 0 Å². The minimum atomic E-state index is -3.51. The highest BCUT2D eigenvalue weighted by atomic mass is 32.2. The number of carbonyl (C=O) groups excluding carboxylic acids is 1. The van der Waals surface area contributed by atoms with E-state index in [0.717, 1.165) is 12.1 Å². The molecule has 0 atom stereocenters. The fraction of sp³-hybridized carbons (Fsp3) is 0.536. The molecule has 35 heavy (non-hydrogen) atoms. The van der Waals surface area contributed by atoms with Crippen molar-refractivity contribution in [3.05, 3.63) is 65.2 Å². The van der Waals surface area contributed by atoms with Crippen molar-refractivity contribution in [1.82, 2.24) is 14.1 Å². The van der Waals surface area contributed by atoms with Gasteiger partial charge in [0.1, 0.15) is 0 Å². The van der Waals surface area contributed by atoms with E-state index in [-0.39, 0.29) is 12.1 Å². The van der Waals surface area contributed by atoms with E-state index in [1.807, 2.05) is 21.9 Å². The highest BCUT2D eigenvalue weighted by Gasteiger charge is 2.37. The lowest BCUT2D eigenvalue weighted by atomic mass is 9.84. The Morgan fingerprint density at radius 1 is 0.800 bits per heavy atom. The smallest absolute Gasteiger partial charge is 0.320 e. The van der Waals surface area contributed by atoms with E-state index in [1.165, 1.54) is 43.2 Å².